The van der Waals surface area contributed by atoms with Crippen LogP contribution in [-0.2, 0) is 14.3 Å². The molecule has 0 fully saturated rings. The first kappa shape index (κ1) is 61.1. The van der Waals surface area contributed by atoms with Crippen molar-refractivity contribution in [2.75, 3.05) is 13.2 Å². The van der Waals surface area contributed by atoms with Crippen LogP contribution in [0.2, 0.25) is 0 Å². The lowest BCUT2D eigenvalue weighted by Crippen LogP contribution is -2.45. The van der Waals surface area contributed by atoms with Gasteiger partial charge in [-0.25, -0.2) is 0 Å². The topological polar surface area (TPSA) is 95.9 Å². The number of amides is 1. The van der Waals surface area contributed by atoms with Crippen LogP contribution in [0.3, 0.4) is 0 Å². The van der Waals surface area contributed by atoms with Crippen LogP contribution in [-0.4, -0.2) is 47.4 Å². The Morgan fingerprint density at radius 1 is 0.444 bits per heavy atom. The van der Waals surface area contributed by atoms with E-state index in [0.29, 0.717) is 19.4 Å². The predicted octanol–water partition coefficient (Wildman–Crippen LogP) is 16.9. The highest BCUT2D eigenvalue weighted by atomic mass is 16.5. The van der Waals surface area contributed by atoms with Crippen molar-refractivity contribution in [2.45, 2.75) is 302 Å². The largest absolute Gasteiger partial charge is 0.466 e. The molecule has 6 nitrogen and oxygen atoms in total. The minimum Gasteiger partial charge on any atom is -0.466 e. The van der Waals surface area contributed by atoms with Crippen LogP contribution >= 0.6 is 0 Å². The second kappa shape index (κ2) is 52.7. The van der Waals surface area contributed by atoms with E-state index in [-0.39, 0.29) is 18.5 Å². The van der Waals surface area contributed by atoms with E-state index < -0.39 is 12.1 Å². The van der Waals surface area contributed by atoms with E-state index in [1.807, 2.05) is 6.08 Å². The summed E-state index contributed by atoms with van der Waals surface area (Å²) in [6.07, 6.45) is 64.4. The zero-order valence-electron chi connectivity index (χ0n) is 42.1. The Kier molecular flexibility index (Phi) is 51.1. The second-order valence-electron chi connectivity index (χ2n) is 18.9. The van der Waals surface area contributed by atoms with Crippen LogP contribution in [0.1, 0.15) is 290 Å². The van der Waals surface area contributed by atoms with E-state index in [1.165, 1.54) is 193 Å². The van der Waals surface area contributed by atoms with Crippen LogP contribution in [0.25, 0.3) is 0 Å². The first-order valence-corrected chi connectivity index (χ1v) is 27.8. The van der Waals surface area contributed by atoms with E-state index >= 15 is 0 Å². The molecule has 0 saturated heterocycles. The molecule has 370 valence electrons. The number of esters is 1. The monoisotopic (exact) mass is 886 g/mol. The molecule has 63 heavy (non-hydrogen) atoms. The third-order valence-electron chi connectivity index (χ3n) is 12.6. The summed E-state index contributed by atoms with van der Waals surface area (Å²) in [6, 6.07) is -0.639. The Morgan fingerprint density at radius 3 is 1.27 bits per heavy atom. The van der Waals surface area contributed by atoms with Gasteiger partial charge in [-0.3, -0.25) is 9.59 Å². The summed E-state index contributed by atoms with van der Waals surface area (Å²) in [5.41, 5.74) is 0. The number of unbranched alkanes of at least 4 members (excludes halogenated alkanes) is 36. The molecule has 0 saturated carbocycles. The average molecular weight is 886 g/mol. The van der Waals surface area contributed by atoms with E-state index in [0.717, 1.165) is 70.6 Å². The number of hydrogen-bond donors (Lipinski definition) is 3. The fraction of sp³-hybridized carbons (Fsp3) is 0.860. The summed E-state index contributed by atoms with van der Waals surface area (Å²) in [5, 5.41) is 23.1. The maximum Gasteiger partial charge on any atom is 0.305 e. The molecule has 3 N–H and O–H groups in total. The minimum atomic E-state index is -0.854. The van der Waals surface area contributed by atoms with Crippen molar-refractivity contribution in [3.63, 3.8) is 0 Å². The molecule has 0 aromatic heterocycles. The first-order valence-electron chi connectivity index (χ1n) is 27.8. The van der Waals surface area contributed by atoms with Gasteiger partial charge in [0.2, 0.25) is 5.91 Å². The maximum absolute atomic E-state index is 12.5. The van der Waals surface area contributed by atoms with Crippen molar-refractivity contribution < 1.29 is 24.5 Å². The highest BCUT2D eigenvalue weighted by Gasteiger charge is 2.18. The van der Waals surface area contributed by atoms with Gasteiger partial charge in [0.05, 0.1) is 25.4 Å². The summed E-state index contributed by atoms with van der Waals surface area (Å²) in [5.74, 6) is -0.102. The van der Waals surface area contributed by atoms with Gasteiger partial charge < -0.3 is 20.3 Å². The quantitative estimate of drug-likeness (QED) is 0.0321. The van der Waals surface area contributed by atoms with Crippen molar-refractivity contribution in [1.82, 2.24) is 5.32 Å². The number of nitrogens with one attached hydrogen (secondary N) is 1. The fourth-order valence-corrected chi connectivity index (χ4v) is 8.38. The second-order valence-corrected chi connectivity index (χ2v) is 18.9. The lowest BCUT2D eigenvalue weighted by atomic mass is 10.0. The number of aliphatic hydroxyl groups is 2. The third-order valence-corrected chi connectivity index (χ3v) is 12.6. The van der Waals surface area contributed by atoms with Crippen LogP contribution in [0.4, 0.5) is 0 Å². The highest BCUT2D eigenvalue weighted by molar-refractivity contribution is 5.76. The molecule has 0 aromatic carbocycles. The third kappa shape index (κ3) is 49.4. The minimum absolute atomic E-state index is 0.0222. The van der Waals surface area contributed by atoms with Gasteiger partial charge in [-0.2, -0.15) is 0 Å². The molecular weight excluding hydrogens is 779 g/mol. The Bertz CT molecular complexity index is 1020. The molecule has 0 aromatic rings. The summed E-state index contributed by atoms with van der Waals surface area (Å²) < 4.78 is 5.45. The Hall–Kier alpha value is -1.92. The van der Waals surface area contributed by atoms with Crippen molar-refractivity contribution in [3.05, 3.63) is 36.5 Å². The molecule has 2 unspecified atom stereocenters. The van der Waals surface area contributed by atoms with Crippen molar-refractivity contribution in [2.24, 2.45) is 0 Å². The molecule has 6 heteroatoms. The Morgan fingerprint density at radius 2 is 0.825 bits per heavy atom. The van der Waals surface area contributed by atoms with Crippen molar-refractivity contribution in [1.29, 1.82) is 0 Å². The zero-order chi connectivity index (χ0) is 45.8. The Labute approximate surface area is 392 Å². The summed E-state index contributed by atoms with van der Waals surface area (Å²) >= 11 is 0. The zero-order valence-corrected chi connectivity index (χ0v) is 42.1. The standard InChI is InChI=1S/C57H107NO5/c1-3-5-7-9-11-13-15-17-18-19-20-21-22-23-26-29-33-37-41-45-49-55(60)54(53-59)58-56(61)50-46-42-38-34-30-27-24-28-32-36-40-44-48-52-63-57(62)51-47-43-39-35-31-25-16-14-12-10-8-6-4-2/h8,10,14,16,45,49,54-55,59-60H,3-7,9,11-13,15,17-44,46-48,50-53H2,1-2H3,(H,58,61)/b10-8-,16-14-,49-45+. The van der Waals surface area contributed by atoms with Gasteiger partial charge in [-0.05, 0) is 57.8 Å². The smallest absolute Gasteiger partial charge is 0.305 e. The molecule has 0 aliphatic rings. The van der Waals surface area contributed by atoms with Gasteiger partial charge in [0.1, 0.15) is 0 Å². The predicted molar refractivity (Wildman–Crippen MR) is 273 cm³/mol. The molecular formula is C57H107NO5. The number of hydrogen-bond acceptors (Lipinski definition) is 5. The first-order chi connectivity index (χ1) is 31.0. The maximum atomic E-state index is 12.5. The van der Waals surface area contributed by atoms with Crippen LogP contribution in [0.15, 0.2) is 36.5 Å². The van der Waals surface area contributed by atoms with Crippen LogP contribution < -0.4 is 5.32 Å². The molecule has 0 bridgehead atoms. The molecule has 0 aliphatic carbocycles. The summed E-state index contributed by atoms with van der Waals surface area (Å²) in [6.45, 7) is 4.81. The molecule has 0 rings (SSSR count). The van der Waals surface area contributed by atoms with Gasteiger partial charge >= 0.3 is 5.97 Å². The van der Waals surface area contributed by atoms with E-state index in [4.69, 9.17) is 4.74 Å². The van der Waals surface area contributed by atoms with E-state index in [1.54, 1.807) is 6.08 Å². The lowest BCUT2D eigenvalue weighted by Gasteiger charge is -2.20. The van der Waals surface area contributed by atoms with Crippen LogP contribution in [0.5, 0.6) is 0 Å². The highest BCUT2D eigenvalue weighted by Crippen LogP contribution is 2.16. The molecule has 0 aliphatic heterocycles. The summed E-state index contributed by atoms with van der Waals surface area (Å²) in [4.78, 5) is 24.5. The molecule has 1 amide bonds. The van der Waals surface area contributed by atoms with Crippen molar-refractivity contribution in [3.8, 4) is 0 Å². The molecule has 0 spiro atoms. The van der Waals surface area contributed by atoms with Gasteiger partial charge in [-0.15, -0.1) is 0 Å². The van der Waals surface area contributed by atoms with Gasteiger partial charge in [0, 0.05) is 12.8 Å². The number of aliphatic hydroxyl groups excluding tert-OH is 2. The normalized spacial score (nSPS) is 12.9. The SMILES string of the molecule is CCC/C=C\C/C=C\CCCCCCCC(=O)OCCCCCCCCCCCCCCCC(=O)NC(CO)C(O)/C=C/CCCCCCCCCCCCCCCCCCCC. The lowest BCUT2D eigenvalue weighted by molar-refractivity contribution is -0.143. The van der Waals surface area contributed by atoms with E-state index in [2.05, 4.69) is 43.5 Å². The Balaban J connectivity index is 3.50. The van der Waals surface area contributed by atoms with E-state index in [9.17, 15) is 19.8 Å². The number of allylic oxidation sites excluding steroid dienone is 5. The molecule has 0 radical (unpaired) electrons. The molecule has 2 atom stereocenters. The average Bonchev–Trinajstić information content (AvgIpc) is 3.28. The fourth-order valence-electron chi connectivity index (χ4n) is 8.38. The number of carbonyl (C=O) groups excluding carboxylic acids is 2. The number of ether oxygens (including phenoxy) is 1. The van der Waals surface area contributed by atoms with Gasteiger partial charge in [-0.1, -0.05) is 256 Å². The van der Waals surface area contributed by atoms with Gasteiger partial charge in [0.25, 0.3) is 0 Å². The number of carbonyl (C=O) groups is 2. The van der Waals surface area contributed by atoms with Gasteiger partial charge in [0.15, 0.2) is 0 Å². The van der Waals surface area contributed by atoms with Crippen molar-refractivity contribution >= 4 is 11.9 Å². The summed E-state index contributed by atoms with van der Waals surface area (Å²) in [7, 11) is 0. The molecule has 0 heterocycles. The van der Waals surface area contributed by atoms with Crippen LogP contribution in [0, 0.1) is 0 Å². The number of rotatable bonds is 51.